The molecular formula is C15H18O5. The maximum absolute atomic E-state index is 11.9. The van der Waals surface area contributed by atoms with Crippen LogP contribution in [-0.4, -0.2) is 31.8 Å². The lowest BCUT2D eigenvalue weighted by atomic mass is 9.84. The topological polar surface area (TPSA) is 61.8 Å². The van der Waals surface area contributed by atoms with Crippen LogP contribution in [0.2, 0.25) is 0 Å². The molecule has 108 valence electrons. The average molecular weight is 278 g/mol. The van der Waals surface area contributed by atoms with Crippen LogP contribution in [-0.2, 0) is 14.3 Å². The standard InChI is InChI=1S/C15H18O5/c1-3-15(8-18-9-15)10-19-14(17)12-4-6-13(7-5-12)20-11(2)16/h4-7H,3,8-10H2,1-2H3. The van der Waals surface area contributed by atoms with Gasteiger partial charge in [0.15, 0.2) is 0 Å². The summed E-state index contributed by atoms with van der Waals surface area (Å²) in [6.07, 6.45) is 0.922. The molecule has 1 aliphatic heterocycles. The highest BCUT2D eigenvalue weighted by Crippen LogP contribution is 2.31. The highest BCUT2D eigenvalue weighted by Gasteiger charge is 2.38. The summed E-state index contributed by atoms with van der Waals surface area (Å²) in [7, 11) is 0. The highest BCUT2D eigenvalue weighted by molar-refractivity contribution is 5.89. The fourth-order valence-corrected chi connectivity index (χ4v) is 1.91. The Morgan fingerprint density at radius 1 is 1.25 bits per heavy atom. The van der Waals surface area contributed by atoms with E-state index in [-0.39, 0.29) is 11.4 Å². The number of benzene rings is 1. The molecule has 0 bridgehead atoms. The molecule has 1 heterocycles. The fourth-order valence-electron chi connectivity index (χ4n) is 1.91. The Morgan fingerprint density at radius 3 is 2.35 bits per heavy atom. The number of carbonyl (C=O) groups excluding carboxylic acids is 2. The van der Waals surface area contributed by atoms with Crippen LogP contribution >= 0.6 is 0 Å². The second-order valence-corrected chi connectivity index (χ2v) is 5.04. The third-order valence-corrected chi connectivity index (χ3v) is 3.43. The molecule has 1 aromatic carbocycles. The fraction of sp³-hybridized carbons (Fsp3) is 0.467. The van der Waals surface area contributed by atoms with Gasteiger partial charge in [0.1, 0.15) is 12.4 Å². The quantitative estimate of drug-likeness (QED) is 0.610. The Labute approximate surface area is 117 Å². The van der Waals surface area contributed by atoms with Gasteiger partial charge in [-0.15, -0.1) is 0 Å². The number of ether oxygens (including phenoxy) is 3. The van der Waals surface area contributed by atoms with Gasteiger partial charge >= 0.3 is 11.9 Å². The van der Waals surface area contributed by atoms with Gasteiger partial charge in [-0.25, -0.2) is 4.79 Å². The lowest BCUT2D eigenvalue weighted by Gasteiger charge is -2.39. The minimum Gasteiger partial charge on any atom is -0.461 e. The van der Waals surface area contributed by atoms with Crippen LogP contribution < -0.4 is 4.74 Å². The van der Waals surface area contributed by atoms with Gasteiger partial charge in [0.2, 0.25) is 0 Å². The summed E-state index contributed by atoms with van der Waals surface area (Å²) in [5.41, 5.74) is 0.417. The van der Waals surface area contributed by atoms with E-state index in [1.165, 1.54) is 6.92 Å². The van der Waals surface area contributed by atoms with Gasteiger partial charge in [-0.1, -0.05) is 6.92 Å². The van der Waals surface area contributed by atoms with Crippen molar-refractivity contribution in [1.29, 1.82) is 0 Å². The Hall–Kier alpha value is -1.88. The Kier molecular flexibility index (Phi) is 4.39. The largest absolute Gasteiger partial charge is 0.461 e. The first-order valence-electron chi connectivity index (χ1n) is 6.58. The molecule has 5 nitrogen and oxygen atoms in total. The molecule has 5 heteroatoms. The smallest absolute Gasteiger partial charge is 0.338 e. The Morgan fingerprint density at radius 2 is 1.90 bits per heavy atom. The zero-order chi connectivity index (χ0) is 14.6. The number of hydrogen-bond donors (Lipinski definition) is 0. The van der Waals surface area contributed by atoms with E-state index in [0.717, 1.165) is 6.42 Å². The van der Waals surface area contributed by atoms with Crippen LogP contribution in [0.3, 0.4) is 0 Å². The predicted octanol–water partition coefficient (Wildman–Crippen LogP) is 2.20. The molecule has 0 N–H and O–H groups in total. The molecule has 0 atom stereocenters. The number of hydrogen-bond acceptors (Lipinski definition) is 5. The first kappa shape index (κ1) is 14.5. The summed E-state index contributed by atoms with van der Waals surface area (Å²) in [5, 5.41) is 0. The summed E-state index contributed by atoms with van der Waals surface area (Å²) in [5.74, 6) is -0.360. The Bertz CT molecular complexity index is 482. The van der Waals surface area contributed by atoms with E-state index in [2.05, 4.69) is 6.92 Å². The van der Waals surface area contributed by atoms with Crippen LogP contribution in [0.15, 0.2) is 24.3 Å². The predicted molar refractivity (Wildman–Crippen MR) is 71.6 cm³/mol. The minimum absolute atomic E-state index is 0.0205. The van der Waals surface area contributed by atoms with E-state index in [1.54, 1.807) is 24.3 Å². The van der Waals surface area contributed by atoms with Crippen molar-refractivity contribution in [3.05, 3.63) is 29.8 Å². The van der Waals surface area contributed by atoms with Crippen LogP contribution in [0.1, 0.15) is 30.6 Å². The molecule has 0 radical (unpaired) electrons. The summed E-state index contributed by atoms with van der Waals surface area (Å²) in [4.78, 5) is 22.7. The van der Waals surface area contributed by atoms with Gasteiger partial charge < -0.3 is 14.2 Å². The molecule has 0 unspecified atom stereocenters. The molecular weight excluding hydrogens is 260 g/mol. The highest BCUT2D eigenvalue weighted by atomic mass is 16.5. The number of esters is 2. The van der Waals surface area contributed by atoms with Gasteiger partial charge in [0.25, 0.3) is 0 Å². The SMILES string of the molecule is CCC1(COC(=O)c2ccc(OC(C)=O)cc2)COC1. The van der Waals surface area contributed by atoms with Crippen molar-refractivity contribution in [2.45, 2.75) is 20.3 Å². The van der Waals surface area contributed by atoms with Crippen molar-refractivity contribution in [3.63, 3.8) is 0 Å². The summed E-state index contributed by atoms with van der Waals surface area (Å²) in [6, 6.07) is 6.30. The van der Waals surface area contributed by atoms with Crippen molar-refractivity contribution in [3.8, 4) is 5.75 Å². The maximum atomic E-state index is 11.9. The van der Waals surface area contributed by atoms with E-state index in [4.69, 9.17) is 14.2 Å². The second-order valence-electron chi connectivity index (χ2n) is 5.04. The van der Waals surface area contributed by atoms with Crippen molar-refractivity contribution >= 4 is 11.9 Å². The summed E-state index contributed by atoms with van der Waals surface area (Å²) < 4.78 is 15.4. The van der Waals surface area contributed by atoms with E-state index in [0.29, 0.717) is 31.1 Å². The molecule has 0 amide bonds. The van der Waals surface area contributed by atoms with Crippen LogP contribution in [0.25, 0.3) is 0 Å². The minimum atomic E-state index is -0.393. The van der Waals surface area contributed by atoms with Crippen molar-refractivity contribution in [2.75, 3.05) is 19.8 Å². The molecule has 0 saturated carbocycles. The molecule has 0 aromatic heterocycles. The summed E-state index contributed by atoms with van der Waals surface area (Å²) >= 11 is 0. The third-order valence-electron chi connectivity index (χ3n) is 3.43. The molecule has 1 saturated heterocycles. The van der Waals surface area contributed by atoms with Crippen LogP contribution in [0.5, 0.6) is 5.75 Å². The van der Waals surface area contributed by atoms with Crippen LogP contribution in [0, 0.1) is 5.41 Å². The van der Waals surface area contributed by atoms with Crippen molar-refractivity contribution < 1.29 is 23.8 Å². The van der Waals surface area contributed by atoms with Crippen LogP contribution in [0.4, 0.5) is 0 Å². The van der Waals surface area contributed by atoms with Crippen molar-refractivity contribution in [1.82, 2.24) is 0 Å². The molecule has 2 rings (SSSR count). The zero-order valence-electron chi connectivity index (χ0n) is 11.7. The van der Waals surface area contributed by atoms with E-state index >= 15 is 0 Å². The lowest BCUT2D eigenvalue weighted by Crippen LogP contribution is -2.46. The average Bonchev–Trinajstić information content (AvgIpc) is 2.38. The number of rotatable bonds is 5. The normalized spacial score (nSPS) is 16.1. The summed E-state index contributed by atoms with van der Waals surface area (Å²) in [6.45, 7) is 5.04. The Balaban J connectivity index is 1.90. The molecule has 20 heavy (non-hydrogen) atoms. The monoisotopic (exact) mass is 278 g/mol. The molecule has 1 aromatic rings. The van der Waals surface area contributed by atoms with Gasteiger partial charge in [0, 0.05) is 6.92 Å². The van der Waals surface area contributed by atoms with E-state index in [9.17, 15) is 9.59 Å². The number of carbonyl (C=O) groups is 2. The zero-order valence-corrected chi connectivity index (χ0v) is 11.7. The first-order valence-corrected chi connectivity index (χ1v) is 6.58. The van der Waals surface area contributed by atoms with E-state index < -0.39 is 5.97 Å². The third kappa shape index (κ3) is 3.36. The molecule has 1 aliphatic rings. The molecule has 0 spiro atoms. The lowest BCUT2D eigenvalue weighted by molar-refractivity contribution is -0.140. The maximum Gasteiger partial charge on any atom is 0.338 e. The van der Waals surface area contributed by atoms with Gasteiger partial charge in [0.05, 0.1) is 24.2 Å². The molecule has 1 fully saturated rings. The van der Waals surface area contributed by atoms with Gasteiger partial charge in [-0.05, 0) is 30.7 Å². The molecule has 0 aliphatic carbocycles. The van der Waals surface area contributed by atoms with Gasteiger partial charge in [-0.3, -0.25) is 4.79 Å². The van der Waals surface area contributed by atoms with Crippen molar-refractivity contribution in [2.24, 2.45) is 5.41 Å². The first-order chi connectivity index (χ1) is 9.54. The second kappa shape index (κ2) is 6.05. The van der Waals surface area contributed by atoms with E-state index in [1.807, 2.05) is 0 Å². The van der Waals surface area contributed by atoms with Gasteiger partial charge in [-0.2, -0.15) is 0 Å².